The molecule has 1 heterocycles. The molecule has 2 fully saturated rings. The van der Waals surface area contributed by atoms with Crippen molar-refractivity contribution in [2.75, 3.05) is 26.7 Å². The van der Waals surface area contributed by atoms with Crippen molar-refractivity contribution in [2.45, 2.75) is 103 Å². The molecule has 35 heavy (non-hydrogen) atoms. The number of hydrogen-bond acceptors (Lipinski definition) is 3. The van der Waals surface area contributed by atoms with Crippen molar-refractivity contribution in [3.05, 3.63) is 35.9 Å². The smallest absolute Gasteiger partial charge is 0.317 e. The summed E-state index contributed by atoms with van der Waals surface area (Å²) in [7, 11) is 1.97. The van der Waals surface area contributed by atoms with Crippen LogP contribution in [-0.2, 0) is 5.60 Å². The second kappa shape index (κ2) is 14.2. The number of benzene rings is 1. The summed E-state index contributed by atoms with van der Waals surface area (Å²) in [6.07, 6.45) is 13.6. The van der Waals surface area contributed by atoms with E-state index in [0.29, 0.717) is 12.5 Å². The molecule has 4 atom stereocenters. The number of carbonyl (C=O) groups is 1. The van der Waals surface area contributed by atoms with E-state index in [1.807, 2.05) is 30.1 Å². The lowest BCUT2D eigenvalue weighted by atomic mass is 9.73. The highest BCUT2D eigenvalue weighted by molar-refractivity contribution is 5.74. The Bertz CT molecular complexity index is 736. The van der Waals surface area contributed by atoms with Gasteiger partial charge >= 0.3 is 6.03 Å². The molecular formula is C30H51N3O2. The van der Waals surface area contributed by atoms with Crippen molar-refractivity contribution in [3.63, 3.8) is 0 Å². The van der Waals surface area contributed by atoms with E-state index in [1.54, 1.807) is 0 Å². The van der Waals surface area contributed by atoms with Crippen molar-refractivity contribution in [1.82, 2.24) is 15.5 Å². The maximum Gasteiger partial charge on any atom is 0.317 e. The lowest BCUT2D eigenvalue weighted by Crippen LogP contribution is -2.54. The molecule has 3 rings (SSSR count). The van der Waals surface area contributed by atoms with E-state index in [4.69, 9.17) is 0 Å². The molecule has 198 valence electrons. The van der Waals surface area contributed by atoms with Gasteiger partial charge in [-0.3, -0.25) is 0 Å². The summed E-state index contributed by atoms with van der Waals surface area (Å²) < 4.78 is 0. The normalized spacial score (nSPS) is 22.9. The quantitative estimate of drug-likeness (QED) is 0.337. The number of nitrogens with zero attached hydrogens (tertiary/aromatic N) is 1. The topological polar surface area (TPSA) is 64.6 Å². The second-order valence-corrected chi connectivity index (χ2v) is 11.4. The molecule has 0 radical (unpaired) electrons. The average molecular weight is 486 g/mol. The van der Waals surface area contributed by atoms with Gasteiger partial charge in [-0.2, -0.15) is 0 Å². The van der Waals surface area contributed by atoms with Crippen LogP contribution in [0, 0.1) is 17.8 Å². The van der Waals surface area contributed by atoms with Crippen molar-refractivity contribution < 1.29 is 9.90 Å². The average Bonchev–Trinajstić information content (AvgIpc) is 2.89. The summed E-state index contributed by atoms with van der Waals surface area (Å²) in [5.41, 5.74) is 0.113. The fraction of sp³-hybridized carbons (Fsp3) is 0.767. The molecule has 2 aliphatic rings. The molecular weight excluding hydrogens is 434 g/mol. The molecule has 1 aromatic rings. The van der Waals surface area contributed by atoms with Gasteiger partial charge in [-0.05, 0) is 56.6 Å². The molecule has 0 aromatic heterocycles. The number of urea groups is 1. The Hall–Kier alpha value is -1.59. The van der Waals surface area contributed by atoms with Gasteiger partial charge in [0.25, 0.3) is 0 Å². The number of amides is 2. The Labute approximate surface area is 214 Å². The molecule has 1 aromatic carbocycles. The molecule has 1 aliphatic heterocycles. The highest BCUT2D eigenvalue weighted by Gasteiger charge is 2.41. The van der Waals surface area contributed by atoms with Gasteiger partial charge in [0.2, 0.25) is 0 Å². The Morgan fingerprint density at radius 3 is 2.57 bits per heavy atom. The minimum Gasteiger partial charge on any atom is -0.385 e. The van der Waals surface area contributed by atoms with E-state index >= 15 is 0 Å². The van der Waals surface area contributed by atoms with Gasteiger partial charge in [0, 0.05) is 31.6 Å². The molecule has 5 heteroatoms. The third-order valence-electron chi connectivity index (χ3n) is 8.73. The number of likely N-dealkylation sites (N-methyl/N-ethyl adjacent to an activating group) is 1. The fourth-order valence-corrected chi connectivity index (χ4v) is 6.32. The molecule has 0 spiro atoms. The molecule has 1 saturated carbocycles. The van der Waals surface area contributed by atoms with Crippen LogP contribution in [0.3, 0.4) is 0 Å². The summed E-state index contributed by atoms with van der Waals surface area (Å²) in [6, 6.07) is 10.4. The van der Waals surface area contributed by atoms with E-state index in [9.17, 15) is 9.90 Å². The van der Waals surface area contributed by atoms with Crippen LogP contribution in [0.1, 0.15) is 96.5 Å². The van der Waals surface area contributed by atoms with Gasteiger partial charge < -0.3 is 20.6 Å². The predicted molar refractivity (Wildman–Crippen MR) is 145 cm³/mol. The lowest BCUT2D eigenvalue weighted by Gasteiger charge is -2.43. The van der Waals surface area contributed by atoms with Gasteiger partial charge in [-0.1, -0.05) is 89.1 Å². The molecule has 5 nitrogen and oxygen atoms in total. The number of piperidine rings is 1. The SMILES string of the molecule is CC[C@@H](C)CCC[C@@](O)(c1ccccc1)[C@@H]1CCCN(C(=O)N[C@H](CNC)CC2CCCCC2)C1. The molecule has 0 bridgehead atoms. The maximum absolute atomic E-state index is 13.4. The minimum absolute atomic E-state index is 0.0424. The van der Waals surface area contributed by atoms with Gasteiger partial charge in [-0.25, -0.2) is 4.79 Å². The van der Waals surface area contributed by atoms with Crippen molar-refractivity contribution in [3.8, 4) is 0 Å². The first-order valence-electron chi connectivity index (χ1n) is 14.4. The first-order valence-corrected chi connectivity index (χ1v) is 14.4. The van der Waals surface area contributed by atoms with E-state index in [2.05, 4.69) is 36.6 Å². The molecule has 3 N–H and O–H groups in total. The Balaban J connectivity index is 1.66. The third-order valence-corrected chi connectivity index (χ3v) is 8.73. The van der Waals surface area contributed by atoms with E-state index in [0.717, 1.165) is 63.1 Å². The van der Waals surface area contributed by atoms with Crippen LogP contribution in [0.15, 0.2) is 30.3 Å². The summed E-state index contributed by atoms with van der Waals surface area (Å²) in [4.78, 5) is 15.4. The molecule has 2 amide bonds. The molecule has 1 saturated heterocycles. The predicted octanol–water partition coefficient (Wildman–Crippen LogP) is 6.07. The van der Waals surface area contributed by atoms with Crippen molar-refractivity contribution >= 4 is 6.03 Å². The van der Waals surface area contributed by atoms with E-state index in [-0.39, 0.29) is 18.0 Å². The maximum atomic E-state index is 13.4. The van der Waals surface area contributed by atoms with Crippen LogP contribution in [0.2, 0.25) is 0 Å². The number of nitrogens with one attached hydrogen (secondary N) is 2. The van der Waals surface area contributed by atoms with Gasteiger partial charge in [0.15, 0.2) is 0 Å². The molecule has 0 unspecified atom stereocenters. The van der Waals surface area contributed by atoms with Crippen molar-refractivity contribution in [2.24, 2.45) is 17.8 Å². The Kier molecular flexibility index (Phi) is 11.4. The van der Waals surface area contributed by atoms with Gasteiger partial charge in [0.1, 0.15) is 0 Å². The summed E-state index contributed by atoms with van der Waals surface area (Å²) >= 11 is 0. The summed E-state index contributed by atoms with van der Waals surface area (Å²) in [5, 5.41) is 18.7. The van der Waals surface area contributed by atoms with Crippen molar-refractivity contribution in [1.29, 1.82) is 0 Å². The first-order chi connectivity index (χ1) is 17.0. The highest BCUT2D eigenvalue weighted by Crippen LogP contribution is 2.40. The number of rotatable bonds is 12. The highest BCUT2D eigenvalue weighted by atomic mass is 16.3. The number of carbonyl (C=O) groups excluding carboxylic acids is 1. The van der Waals surface area contributed by atoms with E-state index in [1.165, 1.54) is 38.5 Å². The standard InChI is InChI=1S/C30H51N3O2/c1-4-24(2)13-11-19-30(35,26-16-9-6-10-17-26)27-18-12-20-33(23-27)29(34)32-28(22-31-3)21-25-14-7-5-8-15-25/h6,9-10,16-17,24-25,27-28,31,35H,4-5,7-8,11-15,18-23H2,1-3H3,(H,32,34)/t24-,27-,28+,30-/m1/s1. The lowest BCUT2D eigenvalue weighted by molar-refractivity contribution is -0.0562. The zero-order valence-electron chi connectivity index (χ0n) is 22.6. The number of aliphatic hydroxyl groups is 1. The Morgan fingerprint density at radius 2 is 1.89 bits per heavy atom. The van der Waals surface area contributed by atoms with Gasteiger partial charge in [0.05, 0.1) is 5.60 Å². The monoisotopic (exact) mass is 485 g/mol. The summed E-state index contributed by atoms with van der Waals surface area (Å²) in [6.45, 7) is 6.74. The van der Waals surface area contributed by atoms with Gasteiger partial charge in [-0.15, -0.1) is 0 Å². The number of hydrogen-bond donors (Lipinski definition) is 3. The first kappa shape index (κ1) is 28.0. The van der Waals surface area contributed by atoms with Crippen LogP contribution >= 0.6 is 0 Å². The fourth-order valence-electron chi connectivity index (χ4n) is 6.32. The number of likely N-dealkylation sites (tertiary alicyclic amines) is 1. The Morgan fingerprint density at radius 1 is 1.14 bits per heavy atom. The van der Waals surface area contributed by atoms with Crippen LogP contribution in [0.25, 0.3) is 0 Å². The van der Waals surface area contributed by atoms with E-state index < -0.39 is 5.60 Å². The zero-order chi connectivity index (χ0) is 25.1. The van der Waals surface area contributed by atoms with Crippen LogP contribution in [0.4, 0.5) is 4.79 Å². The van der Waals surface area contributed by atoms with Crippen LogP contribution in [-0.4, -0.2) is 48.8 Å². The summed E-state index contributed by atoms with van der Waals surface area (Å²) in [5.74, 6) is 1.46. The zero-order valence-corrected chi connectivity index (χ0v) is 22.6. The third kappa shape index (κ3) is 8.21. The molecule has 1 aliphatic carbocycles. The second-order valence-electron chi connectivity index (χ2n) is 11.4. The van der Waals surface area contributed by atoms with Crippen LogP contribution in [0.5, 0.6) is 0 Å². The largest absolute Gasteiger partial charge is 0.385 e. The van der Waals surface area contributed by atoms with Crippen LogP contribution < -0.4 is 10.6 Å². The minimum atomic E-state index is -0.889.